The highest BCUT2D eigenvalue weighted by atomic mass is 16.5. The van der Waals surface area contributed by atoms with Gasteiger partial charge in [-0.15, -0.1) is 0 Å². The smallest absolute Gasteiger partial charge is 0.251 e. The van der Waals surface area contributed by atoms with Crippen molar-refractivity contribution in [1.82, 2.24) is 10.6 Å². The van der Waals surface area contributed by atoms with Crippen molar-refractivity contribution in [2.45, 2.75) is 32.4 Å². The van der Waals surface area contributed by atoms with Crippen LogP contribution in [0.2, 0.25) is 0 Å². The van der Waals surface area contributed by atoms with E-state index in [2.05, 4.69) is 10.6 Å². The lowest BCUT2D eigenvalue weighted by Crippen LogP contribution is -2.31. The van der Waals surface area contributed by atoms with Crippen LogP contribution >= 0.6 is 0 Å². The van der Waals surface area contributed by atoms with Crippen molar-refractivity contribution < 1.29 is 14.3 Å². The van der Waals surface area contributed by atoms with Crippen molar-refractivity contribution in [2.24, 2.45) is 0 Å². The third kappa shape index (κ3) is 4.35. The number of benzene rings is 1. The van der Waals surface area contributed by atoms with Gasteiger partial charge in [0.05, 0.1) is 6.10 Å². The monoisotopic (exact) mass is 276 g/mol. The van der Waals surface area contributed by atoms with Crippen molar-refractivity contribution in [3.63, 3.8) is 0 Å². The van der Waals surface area contributed by atoms with Gasteiger partial charge >= 0.3 is 0 Å². The van der Waals surface area contributed by atoms with Gasteiger partial charge in [-0.3, -0.25) is 9.59 Å². The predicted molar refractivity (Wildman–Crippen MR) is 75.3 cm³/mol. The topological polar surface area (TPSA) is 67.4 Å². The average Bonchev–Trinajstić information content (AvgIpc) is 2.96. The van der Waals surface area contributed by atoms with Crippen LogP contribution in [0.25, 0.3) is 0 Å². The molecule has 2 rings (SSSR count). The Kier molecular flexibility index (Phi) is 5.12. The largest absolute Gasteiger partial charge is 0.376 e. The molecule has 0 radical (unpaired) electrons. The van der Waals surface area contributed by atoms with E-state index in [1.54, 1.807) is 12.1 Å². The maximum atomic E-state index is 11.9. The third-order valence-electron chi connectivity index (χ3n) is 3.27. The number of hydrogen-bond donors (Lipinski definition) is 2. The maximum absolute atomic E-state index is 11.9. The minimum absolute atomic E-state index is 0.0663. The standard InChI is InChI=1S/C15H20N2O3/c1-11(18)16-9-12-4-6-13(7-5-12)15(19)17-10-14-3-2-8-20-14/h4-7,14H,2-3,8-10H2,1H3,(H,16,18)(H,17,19). The first-order chi connectivity index (χ1) is 9.65. The molecule has 1 fully saturated rings. The number of carbonyl (C=O) groups is 2. The van der Waals surface area contributed by atoms with Crippen LogP contribution in [0.15, 0.2) is 24.3 Å². The van der Waals surface area contributed by atoms with Crippen molar-refractivity contribution in [3.8, 4) is 0 Å². The minimum Gasteiger partial charge on any atom is -0.376 e. The second-order valence-electron chi connectivity index (χ2n) is 4.95. The van der Waals surface area contributed by atoms with Crippen molar-refractivity contribution in [2.75, 3.05) is 13.2 Å². The van der Waals surface area contributed by atoms with E-state index in [4.69, 9.17) is 4.74 Å². The Morgan fingerprint density at radius 3 is 2.60 bits per heavy atom. The van der Waals surface area contributed by atoms with E-state index in [1.807, 2.05) is 12.1 Å². The second kappa shape index (κ2) is 7.05. The highest BCUT2D eigenvalue weighted by Crippen LogP contribution is 2.11. The zero-order chi connectivity index (χ0) is 14.4. The highest BCUT2D eigenvalue weighted by Gasteiger charge is 2.16. The predicted octanol–water partition coefficient (Wildman–Crippen LogP) is 1.23. The van der Waals surface area contributed by atoms with Crippen LogP contribution in [-0.2, 0) is 16.1 Å². The van der Waals surface area contributed by atoms with Gasteiger partial charge in [0, 0.05) is 32.2 Å². The molecule has 0 aromatic heterocycles. The van der Waals surface area contributed by atoms with E-state index in [0.717, 1.165) is 25.0 Å². The zero-order valence-electron chi connectivity index (χ0n) is 11.6. The summed E-state index contributed by atoms with van der Waals surface area (Å²) in [5.41, 5.74) is 1.59. The summed E-state index contributed by atoms with van der Waals surface area (Å²) < 4.78 is 5.46. The molecule has 1 unspecified atom stereocenters. The van der Waals surface area contributed by atoms with Gasteiger partial charge in [-0.1, -0.05) is 12.1 Å². The summed E-state index contributed by atoms with van der Waals surface area (Å²) >= 11 is 0. The molecule has 2 N–H and O–H groups in total. The Morgan fingerprint density at radius 2 is 2.00 bits per heavy atom. The van der Waals surface area contributed by atoms with Gasteiger partial charge < -0.3 is 15.4 Å². The van der Waals surface area contributed by atoms with Crippen molar-refractivity contribution in [1.29, 1.82) is 0 Å². The fourth-order valence-corrected chi connectivity index (χ4v) is 2.11. The number of ether oxygens (including phenoxy) is 1. The second-order valence-corrected chi connectivity index (χ2v) is 4.95. The quantitative estimate of drug-likeness (QED) is 0.850. The number of rotatable bonds is 5. The molecule has 0 bridgehead atoms. The Balaban J connectivity index is 1.81. The zero-order valence-corrected chi connectivity index (χ0v) is 11.6. The molecule has 0 saturated carbocycles. The molecular weight excluding hydrogens is 256 g/mol. The number of nitrogens with one attached hydrogen (secondary N) is 2. The van der Waals surface area contributed by atoms with Crippen molar-refractivity contribution in [3.05, 3.63) is 35.4 Å². The molecule has 1 atom stereocenters. The molecule has 1 aromatic carbocycles. The fourth-order valence-electron chi connectivity index (χ4n) is 2.11. The van der Waals surface area contributed by atoms with E-state index in [-0.39, 0.29) is 17.9 Å². The normalized spacial score (nSPS) is 17.8. The minimum atomic E-state index is -0.0911. The molecule has 20 heavy (non-hydrogen) atoms. The molecule has 5 heteroatoms. The van der Waals surface area contributed by atoms with Gasteiger partial charge in [-0.2, -0.15) is 0 Å². The fraction of sp³-hybridized carbons (Fsp3) is 0.467. The number of hydrogen-bond acceptors (Lipinski definition) is 3. The molecule has 1 aromatic rings. The van der Waals surface area contributed by atoms with E-state index in [0.29, 0.717) is 18.7 Å². The van der Waals surface area contributed by atoms with Crippen LogP contribution in [0.1, 0.15) is 35.7 Å². The van der Waals surface area contributed by atoms with E-state index < -0.39 is 0 Å². The molecule has 5 nitrogen and oxygen atoms in total. The summed E-state index contributed by atoms with van der Waals surface area (Å²) in [6.07, 6.45) is 2.23. The summed E-state index contributed by atoms with van der Waals surface area (Å²) in [4.78, 5) is 22.8. The molecule has 1 heterocycles. The average molecular weight is 276 g/mol. The maximum Gasteiger partial charge on any atom is 0.251 e. The first-order valence-corrected chi connectivity index (χ1v) is 6.88. The summed E-state index contributed by atoms with van der Waals surface area (Å²) in [6, 6.07) is 7.22. The molecule has 1 saturated heterocycles. The van der Waals surface area contributed by atoms with Gasteiger partial charge in [0.2, 0.25) is 5.91 Å². The van der Waals surface area contributed by atoms with Crippen LogP contribution in [0.4, 0.5) is 0 Å². The third-order valence-corrected chi connectivity index (χ3v) is 3.27. The molecule has 1 aliphatic heterocycles. The lowest BCUT2D eigenvalue weighted by atomic mass is 10.1. The van der Waals surface area contributed by atoms with E-state index >= 15 is 0 Å². The summed E-state index contributed by atoms with van der Waals surface area (Å²) in [5.74, 6) is -0.157. The van der Waals surface area contributed by atoms with Crippen LogP contribution < -0.4 is 10.6 Å². The summed E-state index contributed by atoms with van der Waals surface area (Å²) in [6.45, 7) is 3.31. The van der Waals surface area contributed by atoms with Crippen LogP contribution in [-0.4, -0.2) is 31.1 Å². The van der Waals surface area contributed by atoms with Crippen molar-refractivity contribution >= 4 is 11.8 Å². The Hall–Kier alpha value is -1.88. The Labute approximate surface area is 118 Å². The van der Waals surface area contributed by atoms with Crippen LogP contribution in [0.3, 0.4) is 0 Å². The summed E-state index contributed by atoms with van der Waals surface area (Å²) in [7, 11) is 0. The molecule has 1 aliphatic rings. The van der Waals surface area contributed by atoms with Crippen LogP contribution in [0.5, 0.6) is 0 Å². The molecule has 108 valence electrons. The van der Waals surface area contributed by atoms with Gasteiger partial charge in [0.25, 0.3) is 5.91 Å². The first-order valence-electron chi connectivity index (χ1n) is 6.88. The SMILES string of the molecule is CC(=O)NCc1ccc(C(=O)NCC2CCCO2)cc1. The van der Waals surface area contributed by atoms with Gasteiger partial charge in [-0.05, 0) is 30.5 Å². The van der Waals surface area contributed by atoms with Crippen LogP contribution in [0, 0.1) is 0 Å². The van der Waals surface area contributed by atoms with Gasteiger partial charge in [0.15, 0.2) is 0 Å². The number of carbonyl (C=O) groups excluding carboxylic acids is 2. The van der Waals surface area contributed by atoms with Gasteiger partial charge in [-0.25, -0.2) is 0 Å². The summed E-state index contributed by atoms with van der Waals surface area (Å²) in [5, 5.41) is 5.59. The molecule has 2 amide bonds. The van der Waals surface area contributed by atoms with Gasteiger partial charge in [0.1, 0.15) is 0 Å². The van der Waals surface area contributed by atoms with E-state index in [9.17, 15) is 9.59 Å². The Morgan fingerprint density at radius 1 is 1.25 bits per heavy atom. The highest BCUT2D eigenvalue weighted by molar-refractivity contribution is 5.94. The Bertz CT molecular complexity index is 465. The molecule has 0 spiro atoms. The number of amides is 2. The lowest BCUT2D eigenvalue weighted by Gasteiger charge is -2.11. The first kappa shape index (κ1) is 14.5. The van der Waals surface area contributed by atoms with E-state index in [1.165, 1.54) is 6.92 Å². The molecule has 0 aliphatic carbocycles. The lowest BCUT2D eigenvalue weighted by molar-refractivity contribution is -0.119. The molecular formula is C15H20N2O3.